The summed E-state index contributed by atoms with van der Waals surface area (Å²) in [6.07, 6.45) is 1.50. The number of methoxy groups -OCH3 is 1. The molecule has 0 aliphatic heterocycles. The van der Waals surface area contributed by atoms with Gasteiger partial charge in [-0.05, 0) is 37.3 Å². The van der Waals surface area contributed by atoms with Crippen LogP contribution in [0.4, 0.5) is 5.69 Å². The summed E-state index contributed by atoms with van der Waals surface area (Å²) in [5, 5.41) is 7.05. The number of aromatic nitrogens is 1. The molecule has 3 aromatic rings. The van der Waals surface area contributed by atoms with Gasteiger partial charge in [-0.25, -0.2) is 0 Å². The summed E-state index contributed by atoms with van der Waals surface area (Å²) in [4.78, 5) is 12.6. The fourth-order valence-electron chi connectivity index (χ4n) is 2.16. The third-order valence-electron chi connectivity index (χ3n) is 3.25. The van der Waals surface area contributed by atoms with Gasteiger partial charge in [-0.15, -0.1) is 0 Å². The van der Waals surface area contributed by atoms with Crippen molar-refractivity contribution in [1.29, 1.82) is 0 Å². The first-order valence-corrected chi connectivity index (χ1v) is 7.13. The Kier molecular flexibility index (Phi) is 4.08. The highest BCUT2D eigenvalue weighted by Gasteiger charge is 2.23. The molecular weight excluding hydrogens is 320 g/mol. The van der Waals surface area contributed by atoms with Crippen molar-refractivity contribution in [2.75, 3.05) is 12.4 Å². The molecule has 0 bridgehead atoms. The van der Waals surface area contributed by atoms with Crippen LogP contribution >= 0.6 is 11.6 Å². The van der Waals surface area contributed by atoms with E-state index in [2.05, 4.69) is 10.5 Å². The van der Waals surface area contributed by atoms with E-state index in [4.69, 9.17) is 25.3 Å². The maximum Gasteiger partial charge on any atom is 0.261 e. The first-order valence-electron chi connectivity index (χ1n) is 6.75. The molecule has 0 radical (unpaired) electrons. The molecule has 2 heterocycles. The number of aryl methyl sites for hydroxylation is 1. The number of hydrogen-bond acceptors (Lipinski definition) is 5. The van der Waals surface area contributed by atoms with Crippen molar-refractivity contribution >= 4 is 23.2 Å². The van der Waals surface area contributed by atoms with Crippen molar-refractivity contribution in [2.24, 2.45) is 0 Å². The van der Waals surface area contributed by atoms with Crippen LogP contribution in [-0.2, 0) is 0 Å². The van der Waals surface area contributed by atoms with Gasteiger partial charge in [0.05, 0.1) is 18.4 Å². The van der Waals surface area contributed by atoms with Crippen molar-refractivity contribution in [1.82, 2.24) is 5.16 Å². The maximum absolute atomic E-state index is 12.6. The maximum atomic E-state index is 12.6. The zero-order valence-corrected chi connectivity index (χ0v) is 13.2. The molecule has 0 spiro atoms. The molecular formula is C16H13ClN2O4. The van der Waals surface area contributed by atoms with Crippen LogP contribution in [0.25, 0.3) is 11.5 Å². The van der Waals surface area contributed by atoms with E-state index in [0.29, 0.717) is 39.2 Å². The van der Waals surface area contributed by atoms with Crippen LogP contribution in [0.2, 0.25) is 5.02 Å². The Balaban J connectivity index is 1.90. The summed E-state index contributed by atoms with van der Waals surface area (Å²) >= 11 is 6.06. The average molecular weight is 333 g/mol. The highest BCUT2D eigenvalue weighted by Crippen LogP contribution is 2.29. The van der Waals surface area contributed by atoms with Crippen LogP contribution in [-0.4, -0.2) is 18.2 Å². The van der Waals surface area contributed by atoms with Crippen LogP contribution in [0.15, 0.2) is 45.5 Å². The molecule has 0 saturated heterocycles. The lowest BCUT2D eigenvalue weighted by Crippen LogP contribution is -2.13. The Morgan fingerprint density at radius 2 is 2.17 bits per heavy atom. The largest absolute Gasteiger partial charge is 0.495 e. The molecule has 0 aliphatic rings. The van der Waals surface area contributed by atoms with Gasteiger partial charge in [0.1, 0.15) is 17.1 Å². The Labute approximate surface area is 137 Å². The van der Waals surface area contributed by atoms with E-state index < -0.39 is 0 Å². The van der Waals surface area contributed by atoms with Crippen LogP contribution in [0.1, 0.15) is 16.1 Å². The second-order valence-electron chi connectivity index (χ2n) is 4.74. The Morgan fingerprint density at radius 1 is 1.35 bits per heavy atom. The summed E-state index contributed by atoms with van der Waals surface area (Å²) in [6.45, 7) is 1.66. The van der Waals surface area contributed by atoms with Gasteiger partial charge in [0.2, 0.25) is 0 Å². The van der Waals surface area contributed by atoms with Gasteiger partial charge in [0, 0.05) is 5.69 Å². The second kappa shape index (κ2) is 6.18. The lowest BCUT2D eigenvalue weighted by Gasteiger charge is -2.08. The Bertz CT molecular complexity index is 840. The van der Waals surface area contributed by atoms with Gasteiger partial charge in [-0.1, -0.05) is 16.8 Å². The number of nitrogens with zero attached hydrogens (tertiary/aromatic N) is 1. The second-order valence-corrected chi connectivity index (χ2v) is 5.15. The molecule has 118 valence electrons. The minimum atomic E-state index is -0.364. The minimum absolute atomic E-state index is 0.312. The molecule has 0 atom stereocenters. The van der Waals surface area contributed by atoms with Crippen molar-refractivity contribution in [3.63, 3.8) is 0 Å². The number of hydrogen-bond donors (Lipinski definition) is 1. The van der Waals surface area contributed by atoms with Gasteiger partial charge in [-0.2, -0.15) is 0 Å². The van der Waals surface area contributed by atoms with E-state index >= 15 is 0 Å². The van der Waals surface area contributed by atoms with E-state index in [9.17, 15) is 4.79 Å². The van der Waals surface area contributed by atoms with Crippen LogP contribution in [0, 0.1) is 6.92 Å². The molecule has 0 aliphatic carbocycles. The molecule has 0 fully saturated rings. The van der Waals surface area contributed by atoms with E-state index in [1.54, 1.807) is 37.3 Å². The number of carbonyl (C=O) groups is 1. The number of ether oxygens (including phenoxy) is 1. The lowest BCUT2D eigenvalue weighted by atomic mass is 10.1. The molecule has 2 aromatic heterocycles. The number of halogens is 1. The van der Waals surface area contributed by atoms with E-state index in [0.717, 1.165) is 0 Å². The number of anilines is 1. The van der Waals surface area contributed by atoms with E-state index in [-0.39, 0.29) is 5.91 Å². The number of carbonyl (C=O) groups excluding carboxylic acids is 1. The number of benzene rings is 1. The molecule has 7 heteroatoms. The third-order valence-corrected chi connectivity index (χ3v) is 3.55. The summed E-state index contributed by atoms with van der Waals surface area (Å²) in [6, 6.07) is 8.39. The van der Waals surface area contributed by atoms with Gasteiger partial charge in [-0.3, -0.25) is 4.79 Å². The quantitative estimate of drug-likeness (QED) is 0.776. The summed E-state index contributed by atoms with van der Waals surface area (Å²) in [5.41, 5.74) is 1.20. The van der Waals surface area contributed by atoms with E-state index in [1.165, 1.54) is 13.4 Å². The molecule has 6 nitrogen and oxygen atoms in total. The smallest absolute Gasteiger partial charge is 0.261 e. The molecule has 3 rings (SSSR count). The zero-order valence-electron chi connectivity index (χ0n) is 12.4. The van der Waals surface area contributed by atoms with Gasteiger partial charge in [0.15, 0.2) is 11.5 Å². The topological polar surface area (TPSA) is 77.5 Å². The van der Waals surface area contributed by atoms with Gasteiger partial charge >= 0.3 is 0 Å². The normalized spacial score (nSPS) is 10.6. The molecule has 1 N–H and O–H groups in total. The molecule has 1 amide bonds. The predicted octanol–water partition coefficient (Wildman–Crippen LogP) is 4.16. The van der Waals surface area contributed by atoms with Crippen LogP contribution < -0.4 is 10.1 Å². The highest BCUT2D eigenvalue weighted by atomic mass is 35.5. The first-order chi connectivity index (χ1) is 11.1. The SMILES string of the molecule is COc1ccc(NC(=O)c2c(-c3ccco3)noc2C)cc1Cl. The molecule has 0 saturated carbocycles. The summed E-state index contributed by atoms with van der Waals surface area (Å²) < 4.78 is 15.5. The average Bonchev–Trinajstić information content (AvgIpc) is 3.16. The number of amides is 1. The minimum Gasteiger partial charge on any atom is -0.495 e. The fraction of sp³-hybridized carbons (Fsp3) is 0.125. The molecule has 0 unspecified atom stereocenters. The van der Waals surface area contributed by atoms with Gasteiger partial charge < -0.3 is 19.0 Å². The third kappa shape index (κ3) is 2.93. The lowest BCUT2D eigenvalue weighted by molar-refractivity contribution is 0.102. The van der Waals surface area contributed by atoms with Crippen molar-refractivity contribution < 1.29 is 18.5 Å². The standard InChI is InChI=1S/C16H13ClN2O4/c1-9-14(15(19-23-9)13-4-3-7-22-13)16(20)18-10-5-6-12(21-2)11(17)8-10/h3-8H,1-2H3,(H,18,20). The summed E-state index contributed by atoms with van der Waals surface area (Å²) in [7, 11) is 1.52. The first kappa shape index (κ1) is 15.2. The predicted molar refractivity (Wildman–Crippen MR) is 84.9 cm³/mol. The number of nitrogens with one attached hydrogen (secondary N) is 1. The van der Waals surface area contributed by atoms with E-state index in [1.807, 2.05) is 0 Å². The monoisotopic (exact) mass is 332 g/mol. The zero-order chi connectivity index (χ0) is 16.4. The van der Waals surface area contributed by atoms with Gasteiger partial charge in [0.25, 0.3) is 5.91 Å². The number of rotatable bonds is 4. The van der Waals surface area contributed by atoms with Crippen molar-refractivity contribution in [3.8, 4) is 17.2 Å². The van der Waals surface area contributed by atoms with Crippen LogP contribution in [0.5, 0.6) is 5.75 Å². The van der Waals surface area contributed by atoms with Crippen LogP contribution in [0.3, 0.4) is 0 Å². The number of furan rings is 1. The Hall–Kier alpha value is -2.73. The fourth-order valence-corrected chi connectivity index (χ4v) is 2.42. The Morgan fingerprint density at radius 3 is 2.83 bits per heavy atom. The molecule has 1 aromatic carbocycles. The van der Waals surface area contributed by atoms with Crippen molar-refractivity contribution in [2.45, 2.75) is 6.92 Å². The molecule has 23 heavy (non-hydrogen) atoms. The van der Waals surface area contributed by atoms with Crippen molar-refractivity contribution in [3.05, 3.63) is 52.9 Å². The summed E-state index contributed by atoms with van der Waals surface area (Å²) in [5.74, 6) is 1.02. The highest BCUT2D eigenvalue weighted by molar-refractivity contribution is 6.32.